The first-order valence-corrected chi connectivity index (χ1v) is 15.3. The van der Waals surface area contributed by atoms with E-state index in [0.29, 0.717) is 0 Å². The van der Waals surface area contributed by atoms with E-state index in [9.17, 15) is 33.6 Å². The summed E-state index contributed by atoms with van der Waals surface area (Å²) in [6.45, 7) is 0.0361. The van der Waals surface area contributed by atoms with E-state index < -0.39 is 73.2 Å². The van der Waals surface area contributed by atoms with Gasteiger partial charge in [-0.2, -0.15) is 0 Å². The molecule has 3 rings (SSSR count). The van der Waals surface area contributed by atoms with Crippen molar-refractivity contribution in [3.63, 3.8) is 0 Å². The summed E-state index contributed by atoms with van der Waals surface area (Å²) < 4.78 is 0. The highest BCUT2D eigenvalue weighted by Gasteiger charge is 2.29. The van der Waals surface area contributed by atoms with Gasteiger partial charge in [0.05, 0.1) is 25.7 Å². The van der Waals surface area contributed by atoms with E-state index in [2.05, 4.69) is 31.9 Å². The molecule has 2 aromatic carbocycles. The summed E-state index contributed by atoms with van der Waals surface area (Å²) in [7, 11) is 0. The average Bonchev–Trinajstić information content (AvgIpc) is 3.06. The third kappa shape index (κ3) is 12.5. The van der Waals surface area contributed by atoms with Gasteiger partial charge >= 0.3 is 0 Å². The zero-order valence-electron chi connectivity index (χ0n) is 26.3. The van der Waals surface area contributed by atoms with E-state index in [1.807, 2.05) is 30.3 Å². The van der Waals surface area contributed by atoms with E-state index in [1.54, 1.807) is 30.3 Å². The fraction of sp³-hybridized carbons (Fsp3) is 0.406. The number of amides is 7. The molecule has 0 aromatic heterocycles. The average molecular weight is 651 g/mol. The number of nitrogens with zero attached hydrogens (tertiary/aromatic N) is 1. The molecular weight excluding hydrogens is 608 g/mol. The number of nitrogens with two attached hydrogens (primary N) is 1. The second-order valence-electron chi connectivity index (χ2n) is 11.0. The van der Waals surface area contributed by atoms with Crippen molar-refractivity contribution in [3.05, 3.63) is 71.8 Å². The first-order chi connectivity index (χ1) is 22.5. The number of carbonyl (C=O) groups excluding carboxylic acids is 7. The fourth-order valence-corrected chi connectivity index (χ4v) is 4.81. The van der Waals surface area contributed by atoms with Crippen LogP contribution in [-0.4, -0.2) is 104 Å². The van der Waals surface area contributed by atoms with Crippen molar-refractivity contribution in [1.29, 1.82) is 0 Å². The van der Waals surface area contributed by atoms with E-state index in [0.717, 1.165) is 11.1 Å². The summed E-state index contributed by atoms with van der Waals surface area (Å²) >= 11 is 0. The van der Waals surface area contributed by atoms with Crippen molar-refractivity contribution >= 4 is 41.4 Å². The molecule has 0 aliphatic carbocycles. The molecule has 1 fully saturated rings. The molecule has 252 valence electrons. The van der Waals surface area contributed by atoms with Crippen LogP contribution >= 0.6 is 0 Å². The summed E-state index contributed by atoms with van der Waals surface area (Å²) in [6.07, 6.45) is 0.371. The van der Waals surface area contributed by atoms with Crippen molar-refractivity contribution in [2.75, 3.05) is 39.3 Å². The topological polar surface area (TPSA) is 221 Å². The van der Waals surface area contributed by atoms with Crippen LogP contribution < -0.4 is 37.6 Å². The van der Waals surface area contributed by atoms with Crippen molar-refractivity contribution in [3.8, 4) is 0 Å². The van der Waals surface area contributed by atoms with Gasteiger partial charge in [0.15, 0.2) is 0 Å². The number of rotatable bonds is 6. The van der Waals surface area contributed by atoms with Gasteiger partial charge in [-0.15, -0.1) is 0 Å². The summed E-state index contributed by atoms with van der Waals surface area (Å²) in [5.41, 5.74) is 7.31. The van der Waals surface area contributed by atoms with E-state index in [4.69, 9.17) is 5.73 Å². The number of hydrogen-bond donors (Lipinski definition) is 7. The molecule has 0 unspecified atom stereocenters. The minimum Gasteiger partial charge on any atom is -0.368 e. The molecule has 15 heteroatoms. The van der Waals surface area contributed by atoms with Gasteiger partial charge in [-0.25, -0.2) is 0 Å². The minimum atomic E-state index is -1.08. The lowest BCUT2D eigenvalue weighted by molar-refractivity contribution is -0.139. The molecule has 1 aliphatic heterocycles. The Balaban J connectivity index is 1.76. The molecule has 0 radical (unpaired) electrons. The van der Waals surface area contributed by atoms with Gasteiger partial charge < -0.3 is 42.5 Å². The zero-order valence-corrected chi connectivity index (χ0v) is 26.3. The van der Waals surface area contributed by atoms with Gasteiger partial charge in [-0.1, -0.05) is 60.7 Å². The van der Waals surface area contributed by atoms with E-state index >= 15 is 0 Å². The third-order valence-electron chi connectivity index (χ3n) is 7.37. The van der Waals surface area contributed by atoms with Gasteiger partial charge in [0, 0.05) is 32.5 Å². The first kappa shape index (κ1) is 36.2. The molecule has 3 atom stereocenters. The highest BCUT2D eigenvalue weighted by atomic mass is 16.2. The summed E-state index contributed by atoms with van der Waals surface area (Å²) in [6, 6.07) is 15.3. The van der Waals surface area contributed by atoms with Crippen molar-refractivity contribution in [2.24, 2.45) is 5.73 Å². The molecule has 0 saturated carbocycles. The van der Waals surface area contributed by atoms with Crippen LogP contribution in [0.4, 0.5) is 0 Å². The highest BCUT2D eigenvalue weighted by molar-refractivity contribution is 5.93. The van der Waals surface area contributed by atoms with Crippen LogP contribution in [0.15, 0.2) is 60.7 Å². The Bertz CT molecular complexity index is 1410. The van der Waals surface area contributed by atoms with Gasteiger partial charge in [0.25, 0.3) is 0 Å². The lowest BCUT2D eigenvalue weighted by Crippen LogP contribution is -2.55. The lowest BCUT2D eigenvalue weighted by atomic mass is 10.0. The standard InChI is InChI=1S/C32H42N8O7/c1-21-31(46)38-19-28(43)36-18-27(42)37-20-29(44)40(25(30(33)45)17-23-10-6-3-7-11-23)15-14-35-26(41)12-13-34-24(32(47)39-21)16-22-8-4-2-5-9-22/h2-11,21,24-25,34H,12-20H2,1H3,(H2,33,45)(H,35,41)(H,36,43)(H,37,42)(H,38,46)(H,39,47)/t21-,24-,25-/m0/s1. The van der Waals surface area contributed by atoms with Crippen LogP contribution in [0.1, 0.15) is 24.5 Å². The monoisotopic (exact) mass is 650 g/mol. The maximum Gasteiger partial charge on any atom is 0.242 e. The summed E-state index contributed by atoms with van der Waals surface area (Å²) in [5.74, 6) is -4.23. The SMILES string of the molecule is C[C@@H]1NC(=O)[C@H](Cc2ccccc2)NCCC(=O)NCCN([C@@H](Cc2ccccc2)C(N)=O)C(=O)CNC(=O)CNC(=O)CNC1=O. The Morgan fingerprint density at radius 1 is 0.766 bits per heavy atom. The van der Waals surface area contributed by atoms with Crippen molar-refractivity contribution in [2.45, 2.75) is 44.3 Å². The van der Waals surface area contributed by atoms with Crippen LogP contribution in [0, 0.1) is 0 Å². The van der Waals surface area contributed by atoms with Gasteiger partial charge in [-0.3, -0.25) is 33.6 Å². The lowest BCUT2D eigenvalue weighted by Gasteiger charge is -2.30. The number of benzene rings is 2. The maximum absolute atomic E-state index is 13.3. The molecule has 0 spiro atoms. The van der Waals surface area contributed by atoms with Crippen LogP contribution in [-0.2, 0) is 46.4 Å². The second-order valence-corrected chi connectivity index (χ2v) is 11.0. The Kier molecular flexibility index (Phi) is 14.3. The second kappa shape index (κ2) is 18.6. The van der Waals surface area contributed by atoms with E-state index in [-0.39, 0.29) is 44.8 Å². The molecule has 1 heterocycles. The molecule has 1 saturated heterocycles. The number of nitrogens with one attached hydrogen (secondary N) is 6. The molecular formula is C32H42N8O7. The Morgan fingerprint density at radius 2 is 1.36 bits per heavy atom. The Morgan fingerprint density at radius 3 is 2.00 bits per heavy atom. The first-order valence-electron chi connectivity index (χ1n) is 15.3. The quantitative estimate of drug-likeness (QED) is 0.177. The highest BCUT2D eigenvalue weighted by Crippen LogP contribution is 2.10. The number of primary amides is 1. The molecule has 8 N–H and O–H groups in total. The van der Waals surface area contributed by atoms with Gasteiger partial charge in [-0.05, 0) is 24.5 Å². The summed E-state index contributed by atoms with van der Waals surface area (Å²) in [5, 5.41) is 15.6. The minimum absolute atomic E-state index is 0.0169. The Labute approximate surface area is 272 Å². The van der Waals surface area contributed by atoms with Gasteiger partial charge in [0.2, 0.25) is 41.4 Å². The Hall–Kier alpha value is -5.31. The van der Waals surface area contributed by atoms with Crippen molar-refractivity contribution in [1.82, 2.24) is 36.8 Å². The van der Waals surface area contributed by atoms with Crippen LogP contribution in [0.2, 0.25) is 0 Å². The van der Waals surface area contributed by atoms with Crippen molar-refractivity contribution < 1.29 is 33.6 Å². The maximum atomic E-state index is 13.3. The molecule has 0 bridgehead atoms. The predicted octanol–water partition coefficient (Wildman–Crippen LogP) is -2.51. The van der Waals surface area contributed by atoms with Gasteiger partial charge in [0.1, 0.15) is 12.1 Å². The molecule has 1 aliphatic rings. The number of hydrogen-bond acceptors (Lipinski definition) is 8. The normalized spacial score (nSPS) is 20.7. The molecule has 2 aromatic rings. The van der Waals surface area contributed by atoms with E-state index in [1.165, 1.54) is 11.8 Å². The third-order valence-corrected chi connectivity index (χ3v) is 7.37. The zero-order chi connectivity index (χ0) is 34.2. The molecule has 15 nitrogen and oxygen atoms in total. The predicted molar refractivity (Wildman–Crippen MR) is 171 cm³/mol. The van der Waals surface area contributed by atoms with Crippen LogP contribution in [0.3, 0.4) is 0 Å². The van der Waals surface area contributed by atoms with Crippen LogP contribution in [0.5, 0.6) is 0 Å². The fourth-order valence-electron chi connectivity index (χ4n) is 4.81. The number of carbonyl (C=O) groups is 7. The largest absolute Gasteiger partial charge is 0.368 e. The summed E-state index contributed by atoms with van der Waals surface area (Å²) in [4.78, 5) is 90.1. The molecule has 47 heavy (non-hydrogen) atoms. The van der Waals surface area contributed by atoms with Crippen LogP contribution in [0.25, 0.3) is 0 Å². The molecule has 7 amide bonds. The smallest absolute Gasteiger partial charge is 0.242 e.